The average molecular weight is 622 g/mol. The molecule has 0 fully saturated rings. The Bertz CT molecular complexity index is 2940. The molecule has 0 bridgehead atoms. The van der Waals surface area contributed by atoms with Gasteiger partial charge in [-0.3, -0.25) is 13.8 Å². The number of aromatic nitrogens is 5. The first-order chi connectivity index (χ1) is 23.2. The summed E-state index contributed by atoms with van der Waals surface area (Å²) < 4.78 is 4.93. The largest absolute Gasteiger partial charge is 0.278 e. The van der Waals surface area contributed by atoms with Crippen LogP contribution in [0.1, 0.15) is 0 Å². The first-order valence-electron chi connectivity index (χ1n) is 15.4. The Morgan fingerprint density at radius 3 is 2.09 bits per heavy atom. The second kappa shape index (κ2) is 9.91. The van der Waals surface area contributed by atoms with Gasteiger partial charge in [0, 0.05) is 21.7 Å². The Hall–Kier alpha value is -6.18. The summed E-state index contributed by atoms with van der Waals surface area (Å²) in [4.78, 5) is 29.5. The van der Waals surface area contributed by atoms with E-state index in [0.29, 0.717) is 21.8 Å². The van der Waals surface area contributed by atoms with E-state index in [9.17, 15) is 4.79 Å². The minimum Gasteiger partial charge on any atom is -0.278 e. The molecule has 0 saturated carbocycles. The van der Waals surface area contributed by atoms with Crippen LogP contribution in [-0.2, 0) is 0 Å². The summed E-state index contributed by atoms with van der Waals surface area (Å²) in [5.41, 5.74) is 8.50. The zero-order chi connectivity index (χ0) is 31.1. The Labute approximate surface area is 271 Å². The van der Waals surface area contributed by atoms with Crippen molar-refractivity contribution in [2.24, 2.45) is 0 Å². The van der Waals surface area contributed by atoms with Crippen molar-refractivity contribution in [2.45, 2.75) is 0 Å². The molecule has 10 aromatic rings. The van der Waals surface area contributed by atoms with Gasteiger partial charge in [-0.15, -0.1) is 0 Å². The van der Waals surface area contributed by atoms with E-state index in [0.717, 1.165) is 65.3 Å². The molecule has 0 amide bonds. The fraction of sp³-hybridized carbons (Fsp3) is 0. The number of fused-ring (bicyclic) bond motifs is 8. The van der Waals surface area contributed by atoms with Crippen LogP contribution in [0.15, 0.2) is 144 Å². The molecule has 4 heterocycles. The van der Waals surface area contributed by atoms with E-state index in [-0.39, 0.29) is 5.56 Å². The number of nitrogens with zero attached hydrogens (tertiary/aromatic N) is 5. The molecule has 0 aliphatic carbocycles. The van der Waals surface area contributed by atoms with Gasteiger partial charge in [-0.1, -0.05) is 102 Å². The maximum absolute atomic E-state index is 13.6. The van der Waals surface area contributed by atoms with Crippen LogP contribution in [-0.4, -0.2) is 23.9 Å². The van der Waals surface area contributed by atoms with Crippen LogP contribution in [0, 0.1) is 0 Å². The predicted molar refractivity (Wildman–Crippen MR) is 193 cm³/mol. The summed E-state index contributed by atoms with van der Waals surface area (Å²) >= 11 is 1.53. The van der Waals surface area contributed by atoms with Gasteiger partial charge in [0.15, 0.2) is 4.96 Å². The molecule has 0 spiro atoms. The van der Waals surface area contributed by atoms with Crippen molar-refractivity contribution in [3.05, 3.63) is 150 Å². The zero-order valence-electron chi connectivity index (χ0n) is 24.8. The molecule has 0 N–H and O–H groups in total. The molecule has 0 unspecified atom stereocenters. The van der Waals surface area contributed by atoms with Crippen LogP contribution in [0.4, 0.5) is 0 Å². The minimum atomic E-state index is -0.0437. The highest BCUT2D eigenvalue weighted by molar-refractivity contribution is 7.23. The molecule has 220 valence electrons. The first-order valence-corrected chi connectivity index (χ1v) is 16.2. The van der Waals surface area contributed by atoms with Gasteiger partial charge in [-0.25, -0.2) is 15.0 Å². The van der Waals surface area contributed by atoms with E-state index in [4.69, 9.17) is 15.0 Å². The third-order valence-electron chi connectivity index (χ3n) is 8.99. The maximum Gasteiger partial charge on any atom is 0.266 e. The Morgan fingerprint density at radius 2 is 1.19 bits per heavy atom. The van der Waals surface area contributed by atoms with Crippen LogP contribution in [0.3, 0.4) is 0 Å². The van der Waals surface area contributed by atoms with Gasteiger partial charge in [-0.05, 0) is 59.7 Å². The maximum atomic E-state index is 13.6. The minimum absolute atomic E-state index is 0.0437. The molecule has 6 aromatic carbocycles. The van der Waals surface area contributed by atoms with E-state index in [2.05, 4.69) is 65.2 Å². The molecule has 0 atom stereocenters. The predicted octanol–water partition coefficient (Wildman–Crippen LogP) is 9.44. The summed E-state index contributed by atoms with van der Waals surface area (Å²) in [6.45, 7) is 0. The SMILES string of the molecule is O=c1c2ccc(-c3ccc4c(c3)c3ccccc3n4-c3nc(-c4ccccc4)c4ccccc4n3)cc2nc2sc3ccccc3n12. The summed E-state index contributed by atoms with van der Waals surface area (Å²) in [6.07, 6.45) is 0. The molecule has 0 radical (unpaired) electrons. The standard InChI is InChI=1S/C40H23N5OS/c46-38-29-20-18-26(23-32(29)42-40-45(38)35-16-8-9-17-36(35)47-40)25-19-21-34-30(22-25)27-12-5-7-15-33(27)44(34)39-41-31-14-6-4-13-28(31)37(43-39)24-10-2-1-3-11-24/h1-23H. The monoisotopic (exact) mass is 621 g/mol. The lowest BCUT2D eigenvalue weighted by Gasteiger charge is -2.12. The number of hydrogen-bond acceptors (Lipinski definition) is 5. The number of benzene rings is 6. The molecular formula is C40H23N5OS. The second-order valence-corrected chi connectivity index (χ2v) is 12.7. The van der Waals surface area contributed by atoms with Crippen molar-refractivity contribution in [1.82, 2.24) is 23.9 Å². The topological polar surface area (TPSA) is 65.1 Å². The van der Waals surface area contributed by atoms with Crippen molar-refractivity contribution >= 4 is 70.1 Å². The molecule has 0 saturated heterocycles. The van der Waals surface area contributed by atoms with Crippen LogP contribution in [0.2, 0.25) is 0 Å². The zero-order valence-corrected chi connectivity index (χ0v) is 25.6. The molecule has 4 aromatic heterocycles. The summed E-state index contributed by atoms with van der Waals surface area (Å²) in [5.74, 6) is 0.629. The summed E-state index contributed by atoms with van der Waals surface area (Å²) in [7, 11) is 0. The van der Waals surface area contributed by atoms with Gasteiger partial charge in [0.1, 0.15) is 0 Å². The highest BCUT2D eigenvalue weighted by Gasteiger charge is 2.18. The summed E-state index contributed by atoms with van der Waals surface area (Å²) in [5, 5.41) is 3.84. The molecule has 0 aliphatic rings. The highest BCUT2D eigenvalue weighted by atomic mass is 32.1. The van der Waals surface area contributed by atoms with E-state index >= 15 is 0 Å². The first kappa shape index (κ1) is 26.1. The van der Waals surface area contributed by atoms with E-state index in [1.807, 2.05) is 78.9 Å². The molecule has 0 aliphatic heterocycles. The molecule has 6 nitrogen and oxygen atoms in total. The Balaban J connectivity index is 1.18. The van der Waals surface area contributed by atoms with Crippen LogP contribution in [0.25, 0.3) is 87.1 Å². The van der Waals surface area contributed by atoms with Gasteiger partial charge in [0.25, 0.3) is 5.56 Å². The van der Waals surface area contributed by atoms with Crippen molar-refractivity contribution in [1.29, 1.82) is 0 Å². The van der Waals surface area contributed by atoms with Gasteiger partial charge >= 0.3 is 0 Å². The number of thiazole rings is 1. The van der Waals surface area contributed by atoms with E-state index in [1.165, 1.54) is 11.3 Å². The highest BCUT2D eigenvalue weighted by Crippen LogP contribution is 2.36. The lowest BCUT2D eigenvalue weighted by atomic mass is 10.0. The lowest BCUT2D eigenvalue weighted by Crippen LogP contribution is -2.13. The van der Waals surface area contributed by atoms with Gasteiger partial charge in [-0.2, -0.15) is 0 Å². The molecule has 7 heteroatoms. The van der Waals surface area contributed by atoms with Gasteiger partial charge in [0.05, 0.1) is 43.4 Å². The smallest absolute Gasteiger partial charge is 0.266 e. The van der Waals surface area contributed by atoms with Crippen molar-refractivity contribution in [2.75, 3.05) is 0 Å². The third kappa shape index (κ3) is 3.90. The summed E-state index contributed by atoms with van der Waals surface area (Å²) in [6, 6.07) is 47.3. The Morgan fingerprint density at radius 1 is 0.489 bits per heavy atom. The second-order valence-electron chi connectivity index (χ2n) is 11.7. The fourth-order valence-electron chi connectivity index (χ4n) is 6.80. The third-order valence-corrected chi connectivity index (χ3v) is 10.0. The quantitative estimate of drug-likeness (QED) is 0.197. The average Bonchev–Trinajstić information content (AvgIpc) is 3.67. The van der Waals surface area contributed by atoms with E-state index < -0.39 is 0 Å². The van der Waals surface area contributed by atoms with Crippen molar-refractivity contribution < 1.29 is 0 Å². The van der Waals surface area contributed by atoms with Gasteiger partial charge < -0.3 is 0 Å². The Kier molecular flexibility index (Phi) is 5.50. The molecule has 10 rings (SSSR count). The molecular weight excluding hydrogens is 599 g/mol. The van der Waals surface area contributed by atoms with Crippen molar-refractivity contribution in [3.63, 3.8) is 0 Å². The van der Waals surface area contributed by atoms with Crippen molar-refractivity contribution in [3.8, 4) is 28.3 Å². The van der Waals surface area contributed by atoms with Gasteiger partial charge in [0.2, 0.25) is 5.95 Å². The number of rotatable bonds is 3. The van der Waals surface area contributed by atoms with Crippen LogP contribution < -0.4 is 5.56 Å². The van der Waals surface area contributed by atoms with Crippen LogP contribution >= 0.6 is 11.3 Å². The number of para-hydroxylation sites is 3. The number of hydrogen-bond donors (Lipinski definition) is 0. The fourth-order valence-corrected chi connectivity index (χ4v) is 7.82. The lowest BCUT2D eigenvalue weighted by molar-refractivity contribution is 1.01. The van der Waals surface area contributed by atoms with E-state index in [1.54, 1.807) is 4.40 Å². The molecule has 47 heavy (non-hydrogen) atoms. The normalized spacial score (nSPS) is 11.9. The van der Waals surface area contributed by atoms with Crippen LogP contribution in [0.5, 0.6) is 0 Å².